The molecule has 0 aliphatic carbocycles. The van der Waals surface area contributed by atoms with Crippen LogP contribution in [0.3, 0.4) is 0 Å². The van der Waals surface area contributed by atoms with Crippen molar-refractivity contribution in [1.29, 1.82) is 0 Å². The fourth-order valence-corrected chi connectivity index (χ4v) is 4.87. The first kappa shape index (κ1) is 25.7. The van der Waals surface area contributed by atoms with Crippen LogP contribution in [0, 0.1) is 19.8 Å². The van der Waals surface area contributed by atoms with Crippen molar-refractivity contribution < 1.29 is 28.7 Å². The van der Waals surface area contributed by atoms with Crippen LogP contribution in [-0.2, 0) is 19.1 Å². The summed E-state index contributed by atoms with van der Waals surface area (Å²) < 4.78 is 10.3. The van der Waals surface area contributed by atoms with Gasteiger partial charge >= 0.3 is 11.9 Å². The molecule has 2 aromatic rings. The highest BCUT2D eigenvalue weighted by molar-refractivity contribution is 7.16. The topological polar surface area (TPSA) is 102 Å². The summed E-state index contributed by atoms with van der Waals surface area (Å²) in [6.07, 6.45) is 0.909. The van der Waals surface area contributed by atoms with Crippen LogP contribution in [0.5, 0.6) is 0 Å². The van der Waals surface area contributed by atoms with E-state index in [4.69, 9.17) is 21.1 Å². The quantitative estimate of drug-likeness (QED) is 0.564. The predicted molar refractivity (Wildman–Crippen MR) is 129 cm³/mol. The van der Waals surface area contributed by atoms with Crippen molar-refractivity contribution >= 4 is 51.7 Å². The third-order valence-corrected chi connectivity index (χ3v) is 7.04. The number of hydrogen-bond donors (Lipinski definition) is 1. The largest absolute Gasteiger partial charge is 0.462 e. The molecule has 0 radical (unpaired) electrons. The van der Waals surface area contributed by atoms with Crippen LogP contribution in [0.25, 0.3) is 0 Å². The van der Waals surface area contributed by atoms with Gasteiger partial charge in [-0.2, -0.15) is 0 Å². The molecule has 1 N–H and O–H groups in total. The Kier molecular flexibility index (Phi) is 8.68. The second-order valence-corrected chi connectivity index (χ2v) is 9.60. The molecule has 1 aliphatic rings. The van der Waals surface area contributed by atoms with Crippen LogP contribution in [0.15, 0.2) is 24.3 Å². The molecule has 1 aromatic heterocycles. The van der Waals surface area contributed by atoms with Gasteiger partial charge in [-0.25, -0.2) is 4.79 Å². The van der Waals surface area contributed by atoms with Gasteiger partial charge in [-0.1, -0.05) is 11.6 Å². The molecule has 3 rings (SSSR count). The molecule has 0 atom stereocenters. The minimum absolute atomic E-state index is 0.109. The maximum absolute atomic E-state index is 12.6. The number of nitrogens with zero attached hydrogens (tertiary/aromatic N) is 1. The van der Waals surface area contributed by atoms with Crippen LogP contribution in [-0.4, -0.2) is 55.0 Å². The second kappa shape index (κ2) is 11.5. The minimum atomic E-state index is -0.532. The Hall–Kier alpha value is -2.91. The molecule has 1 aromatic carbocycles. The van der Waals surface area contributed by atoms with Crippen LogP contribution < -0.4 is 5.32 Å². The minimum Gasteiger partial charge on any atom is -0.462 e. The number of hydrogen-bond acceptors (Lipinski definition) is 7. The molecule has 2 heterocycles. The molecular weight excluding hydrogens is 480 g/mol. The Balaban J connectivity index is 1.49. The Morgan fingerprint density at radius 3 is 2.35 bits per heavy atom. The van der Waals surface area contributed by atoms with Crippen LogP contribution in [0.2, 0.25) is 5.02 Å². The third-order valence-electron chi connectivity index (χ3n) is 5.67. The second-order valence-electron chi connectivity index (χ2n) is 7.94. The number of halogens is 1. The van der Waals surface area contributed by atoms with E-state index in [9.17, 15) is 19.2 Å². The van der Waals surface area contributed by atoms with Gasteiger partial charge in [-0.15, -0.1) is 11.3 Å². The highest BCUT2D eigenvalue weighted by atomic mass is 35.5. The number of anilines is 1. The number of ether oxygens (including phenoxy) is 2. The monoisotopic (exact) mass is 506 g/mol. The predicted octanol–water partition coefficient (Wildman–Crippen LogP) is 4.23. The molecule has 182 valence electrons. The van der Waals surface area contributed by atoms with E-state index in [-0.39, 0.29) is 18.4 Å². The number of aryl methyl sites for hydroxylation is 1. The Bertz CT molecular complexity index is 1070. The number of rotatable bonds is 7. The summed E-state index contributed by atoms with van der Waals surface area (Å²) in [6, 6.07) is 6.68. The number of likely N-dealkylation sites (tertiary alicyclic amines) is 1. The van der Waals surface area contributed by atoms with Crippen molar-refractivity contribution in [1.82, 2.24) is 4.90 Å². The van der Waals surface area contributed by atoms with E-state index in [0.29, 0.717) is 47.1 Å². The number of benzene rings is 1. The number of nitrogens with one attached hydrogen (secondary N) is 1. The molecule has 2 amide bonds. The van der Waals surface area contributed by atoms with Gasteiger partial charge in [0.15, 0.2) is 6.61 Å². The lowest BCUT2D eigenvalue weighted by atomic mass is 9.96. The lowest BCUT2D eigenvalue weighted by Crippen LogP contribution is -2.41. The number of thiophene rings is 1. The molecule has 1 saturated heterocycles. The van der Waals surface area contributed by atoms with Gasteiger partial charge < -0.3 is 19.7 Å². The molecule has 0 bridgehead atoms. The van der Waals surface area contributed by atoms with Crippen molar-refractivity contribution in [2.24, 2.45) is 5.92 Å². The van der Waals surface area contributed by atoms with Crippen LogP contribution >= 0.6 is 22.9 Å². The van der Waals surface area contributed by atoms with Gasteiger partial charge in [0.2, 0.25) is 0 Å². The van der Waals surface area contributed by atoms with Crippen molar-refractivity contribution in [3.8, 4) is 0 Å². The summed E-state index contributed by atoms with van der Waals surface area (Å²) >= 11 is 7.14. The van der Waals surface area contributed by atoms with Crippen molar-refractivity contribution in [2.75, 3.05) is 31.6 Å². The number of carbonyl (C=O) groups is 4. The molecule has 0 spiro atoms. The zero-order valence-electron chi connectivity index (χ0n) is 19.3. The maximum atomic E-state index is 12.6. The molecule has 1 aliphatic heterocycles. The van der Waals surface area contributed by atoms with Crippen molar-refractivity contribution in [2.45, 2.75) is 33.6 Å². The van der Waals surface area contributed by atoms with Gasteiger partial charge in [0.1, 0.15) is 5.00 Å². The van der Waals surface area contributed by atoms with Gasteiger partial charge in [0, 0.05) is 28.6 Å². The summed E-state index contributed by atoms with van der Waals surface area (Å²) in [5.74, 6) is -2.00. The van der Waals surface area contributed by atoms with Gasteiger partial charge in [0.05, 0.1) is 18.1 Å². The SMILES string of the molecule is CCOC(=O)c1c(NC(=O)COC(=O)C2CCN(C(=O)c3ccc(Cl)cc3)CC2)sc(C)c1C. The molecule has 34 heavy (non-hydrogen) atoms. The standard InChI is InChI=1S/C24H27ClN2O6S/c1-4-32-24(31)20-14(2)15(3)34-21(20)26-19(28)13-33-23(30)17-9-11-27(12-10-17)22(29)16-5-7-18(25)8-6-16/h5-8,17H,4,9-13H2,1-3H3,(H,26,28). The highest BCUT2D eigenvalue weighted by Gasteiger charge is 2.29. The first-order chi connectivity index (χ1) is 16.2. The smallest absolute Gasteiger partial charge is 0.341 e. The fourth-order valence-electron chi connectivity index (χ4n) is 3.67. The summed E-state index contributed by atoms with van der Waals surface area (Å²) in [4.78, 5) is 52.3. The van der Waals surface area contributed by atoms with E-state index >= 15 is 0 Å². The van der Waals surface area contributed by atoms with Gasteiger partial charge in [-0.05, 0) is 63.4 Å². The van der Waals surface area contributed by atoms with E-state index in [1.807, 2.05) is 6.92 Å². The number of carbonyl (C=O) groups excluding carboxylic acids is 4. The first-order valence-corrected chi connectivity index (χ1v) is 12.2. The Morgan fingerprint density at radius 2 is 1.74 bits per heavy atom. The zero-order valence-corrected chi connectivity index (χ0v) is 20.9. The maximum Gasteiger partial charge on any atom is 0.341 e. The Labute approximate surface area is 207 Å². The zero-order chi connectivity index (χ0) is 24.8. The number of esters is 2. The van der Waals surface area contributed by atoms with E-state index in [0.717, 1.165) is 10.4 Å². The van der Waals surface area contributed by atoms with Crippen molar-refractivity contribution in [3.05, 3.63) is 50.9 Å². The fraction of sp³-hybridized carbons (Fsp3) is 0.417. The molecule has 0 unspecified atom stereocenters. The summed E-state index contributed by atoms with van der Waals surface area (Å²) in [5, 5.41) is 3.59. The average Bonchev–Trinajstić information content (AvgIpc) is 3.10. The summed E-state index contributed by atoms with van der Waals surface area (Å²) in [7, 11) is 0. The molecule has 8 nitrogen and oxygen atoms in total. The van der Waals surface area contributed by atoms with Crippen LogP contribution in [0.1, 0.15) is 50.9 Å². The van der Waals surface area contributed by atoms with Crippen LogP contribution in [0.4, 0.5) is 5.00 Å². The first-order valence-electron chi connectivity index (χ1n) is 11.0. The summed E-state index contributed by atoms with van der Waals surface area (Å²) in [5.41, 5.74) is 1.61. The lowest BCUT2D eigenvalue weighted by Gasteiger charge is -2.31. The van der Waals surface area contributed by atoms with Crippen molar-refractivity contribution in [3.63, 3.8) is 0 Å². The van der Waals surface area contributed by atoms with Gasteiger partial charge in [0.25, 0.3) is 11.8 Å². The van der Waals surface area contributed by atoms with Gasteiger partial charge in [-0.3, -0.25) is 14.4 Å². The molecule has 0 saturated carbocycles. The molecule has 10 heteroatoms. The normalized spacial score (nSPS) is 13.9. The van der Waals surface area contributed by atoms with E-state index in [1.54, 1.807) is 43.0 Å². The molecule has 1 fully saturated rings. The lowest BCUT2D eigenvalue weighted by molar-refractivity contribution is -0.152. The average molecular weight is 507 g/mol. The highest BCUT2D eigenvalue weighted by Crippen LogP contribution is 2.33. The number of amides is 2. The van der Waals surface area contributed by atoms with E-state index in [2.05, 4.69) is 5.32 Å². The number of piperidine rings is 1. The van der Waals surface area contributed by atoms with E-state index < -0.39 is 24.5 Å². The van der Waals surface area contributed by atoms with E-state index in [1.165, 1.54) is 11.3 Å². The summed E-state index contributed by atoms with van der Waals surface area (Å²) in [6.45, 7) is 5.96. The third kappa shape index (κ3) is 6.15. The molecular formula is C24H27ClN2O6S. The Morgan fingerprint density at radius 1 is 1.09 bits per heavy atom.